The molecule has 0 atom stereocenters. The minimum Gasteiger partial charge on any atom is -0.0622 e. The molecule has 36 heavy (non-hydrogen) atoms. The van der Waals surface area contributed by atoms with E-state index < -0.39 is 0 Å². The quantitative estimate of drug-likeness (QED) is 0.139. The third-order valence-electron chi connectivity index (χ3n) is 7.13. The third kappa shape index (κ3) is 3.40. The van der Waals surface area contributed by atoms with Crippen LogP contribution in [0.1, 0.15) is 0 Å². The first-order chi connectivity index (χ1) is 17.7. The fourth-order valence-electron chi connectivity index (χ4n) is 5.62. The van der Waals surface area contributed by atoms with Crippen molar-refractivity contribution in [2.45, 2.75) is 0 Å². The summed E-state index contributed by atoms with van der Waals surface area (Å²) < 4.78 is 2.18. The smallest absolute Gasteiger partial charge is 0.0181 e. The predicted octanol–water partition coefficient (Wildman–Crippen LogP) is 11.2. The fraction of sp³-hybridized carbons (Fsp3) is 0. The van der Waals surface area contributed by atoms with E-state index in [4.69, 9.17) is 0 Å². The molecule has 0 aliphatic carbocycles. The fourth-order valence-corrected chi connectivity index (χ4v) is 6.34. The highest BCUT2D eigenvalue weighted by atomic mass is 79.9. The molecular formula is C34H20Br2. The van der Waals surface area contributed by atoms with Crippen molar-refractivity contribution in [1.82, 2.24) is 0 Å². The van der Waals surface area contributed by atoms with Crippen LogP contribution in [-0.2, 0) is 0 Å². The van der Waals surface area contributed by atoms with Gasteiger partial charge in [0.05, 0.1) is 0 Å². The predicted molar refractivity (Wildman–Crippen MR) is 163 cm³/mol. The van der Waals surface area contributed by atoms with Crippen LogP contribution in [0, 0.1) is 0 Å². The van der Waals surface area contributed by atoms with Crippen molar-refractivity contribution < 1.29 is 0 Å². The summed E-state index contributed by atoms with van der Waals surface area (Å²) in [5.41, 5.74) is 5.03. The zero-order valence-corrected chi connectivity index (χ0v) is 22.5. The van der Waals surface area contributed by atoms with Gasteiger partial charge in [0.2, 0.25) is 0 Å². The highest BCUT2D eigenvalue weighted by Gasteiger charge is 2.20. The van der Waals surface area contributed by atoms with E-state index in [-0.39, 0.29) is 0 Å². The van der Waals surface area contributed by atoms with E-state index >= 15 is 0 Å². The Balaban J connectivity index is 1.85. The van der Waals surface area contributed by atoms with Gasteiger partial charge in [0.15, 0.2) is 0 Å². The van der Waals surface area contributed by atoms with Crippen LogP contribution >= 0.6 is 31.9 Å². The van der Waals surface area contributed by atoms with Gasteiger partial charge in [0, 0.05) is 8.95 Å². The Morgan fingerprint density at radius 2 is 0.750 bits per heavy atom. The van der Waals surface area contributed by atoms with Crippen LogP contribution in [0.3, 0.4) is 0 Å². The van der Waals surface area contributed by atoms with E-state index in [1.54, 1.807) is 0 Å². The number of hydrogen-bond acceptors (Lipinski definition) is 0. The highest BCUT2D eigenvalue weighted by Crippen LogP contribution is 2.48. The van der Waals surface area contributed by atoms with Crippen LogP contribution in [0.4, 0.5) is 0 Å². The highest BCUT2D eigenvalue weighted by molar-refractivity contribution is 9.10. The van der Waals surface area contributed by atoms with Gasteiger partial charge in [-0.2, -0.15) is 0 Å². The van der Waals surface area contributed by atoms with E-state index in [1.807, 2.05) is 0 Å². The Morgan fingerprint density at radius 3 is 1.17 bits per heavy atom. The first kappa shape index (κ1) is 21.8. The van der Waals surface area contributed by atoms with E-state index in [9.17, 15) is 0 Å². The number of fused-ring (bicyclic) bond motifs is 6. The summed E-state index contributed by atoms with van der Waals surface area (Å²) in [7, 11) is 0. The Morgan fingerprint density at radius 1 is 0.361 bits per heavy atom. The van der Waals surface area contributed by atoms with Crippen molar-refractivity contribution in [1.29, 1.82) is 0 Å². The summed E-state index contributed by atoms with van der Waals surface area (Å²) in [6.45, 7) is 0. The molecule has 7 rings (SSSR count). The van der Waals surface area contributed by atoms with E-state index in [1.165, 1.54) is 65.3 Å². The summed E-state index contributed by atoms with van der Waals surface area (Å²) in [4.78, 5) is 0. The lowest BCUT2D eigenvalue weighted by atomic mass is 9.82. The first-order valence-electron chi connectivity index (χ1n) is 12.0. The molecule has 0 bridgehead atoms. The van der Waals surface area contributed by atoms with E-state index in [0.717, 1.165) is 8.95 Å². The van der Waals surface area contributed by atoms with Gasteiger partial charge in [-0.15, -0.1) is 0 Å². The normalized spacial score (nSPS) is 11.6. The zero-order valence-electron chi connectivity index (χ0n) is 19.3. The Hall–Kier alpha value is -3.46. The molecule has 0 aromatic heterocycles. The first-order valence-corrected chi connectivity index (χ1v) is 13.6. The summed E-state index contributed by atoms with van der Waals surface area (Å²) >= 11 is 7.49. The maximum atomic E-state index is 3.75. The second-order valence-corrected chi connectivity index (χ2v) is 11.0. The summed E-state index contributed by atoms with van der Waals surface area (Å²) in [6.07, 6.45) is 0. The van der Waals surface area contributed by atoms with Gasteiger partial charge in [-0.25, -0.2) is 0 Å². The molecule has 0 nitrogen and oxygen atoms in total. The molecule has 7 aromatic rings. The molecule has 170 valence electrons. The molecule has 0 heterocycles. The Kier molecular flexibility index (Phi) is 5.20. The lowest BCUT2D eigenvalue weighted by Gasteiger charge is -2.21. The van der Waals surface area contributed by atoms with Crippen LogP contribution in [0.25, 0.3) is 65.3 Å². The van der Waals surface area contributed by atoms with Crippen molar-refractivity contribution in [3.05, 3.63) is 130 Å². The third-order valence-corrected chi connectivity index (χ3v) is 8.12. The summed E-state index contributed by atoms with van der Waals surface area (Å²) in [5, 5.41) is 10.1. The molecule has 0 spiro atoms. The van der Waals surface area contributed by atoms with Gasteiger partial charge >= 0.3 is 0 Å². The zero-order chi connectivity index (χ0) is 24.2. The van der Waals surface area contributed by atoms with Crippen LogP contribution in [0.5, 0.6) is 0 Å². The molecule has 0 radical (unpaired) electrons. The summed E-state index contributed by atoms with van der Waals surface area (Å²) in [5.74, 6) is 0. The second kappa shape index (κ2) is 8.58. The van der Waals surface area contributed by atoms with E-state index in [2.05, 4.69) is 153 Å². The molecule has 0 aliphatic heterocycles. The average Bonchev–Trinajstić information content (AvgIpc) is 2.92. The minimum atomic E-state index is 1.09. The van der Waals surface area contributed by atoms with Crippen molar-refractivity contribution in [2.24, 2.45) is 0 Å². The largest absolute Gasteiger partial charge is 0.0622 e. The van der Waals surface area contributed by atoms with Gasteiger partial charge in [-0.05, 0) is 89.6 Å². The van der Waals surface area contributed by atoms with Crippen molar-refractivity contribution in [3.8, 4) is 22.3 Å². The molecule has 0 aliphatic rings. The number of halogens is 2. The van der Waals surface area contributed by atoms with Gasteiger partial charge in [0.25, 0.3) is 0 Å². The second-order valence-electron chi connectivity index (χ2n) is 9.19. The molecule has 0 saturated carbocycles. The topological polar surface area (TPSA) is 0 Å². The van der Waals surface area contributed by atoms with Gasteiger partial charge in [-0.1, -0.05) is 129 Å². The Bertz CT molecular complexity index is 1790. The van der Waals surface area contributed by atoms with Crippen molar-refractivity contribution in [3.63, 3.8) is 0 Å². The number of hydrogen-bond donors (Lipinski definition) is 0. The summed E-state index contributed by atoms with van der Waals surface area (Å²) in [6, 6.07) is 44.0. The lowest BCUT2D eigenvalue weighted by molar-refractivity contribution is 1.66. The molecule has 0 unspecified atom stereocenters. The number of rotatable bonds is 2. The average molecular weight is 588 g/mol. The molecular weight excluding hydrogens is 568 g/mol. The maximum Gasteiger partial charge on any atom is 0.0181 e. The lowest BCUT2D eigenvalue weighted by Crippen LogP contribution is -1.93. The maximum absolute atomic E-state index is 3.75. The van der Waals surface area contributed by atoms with Crippen molar-refractivity contribution >= 4 is 74.9 Å². The van der Waals surface area contributed by atoms with Crippen LogP contribution in [0.15, 0.2) is 130 Å². The minimum absolute atomic E-state index is 1.09. The molecule has 0 amide bonds. The Labute approximate surface area is 226 Å². The van der Waals surface area contributed by atoms with Crippen LogP contribution in [-0.4, -0.2) is 0 Å². The van der Waals surface area contributed by atoms with E-state index in [0.29, 0.717) is 0 Å². The van der Waals surface area contributed by atoms with Crippen molar-refractivity contribution in [2.75, 3.05) is 0 Å². The molecule has 0 N–H and O–H groups in total. The van der Waals surface area contributed by atoms with Gasteiger partial charge in [0.1, 0.15) is 0 Å². The molecule has 0 saturated heterocycles. The number of benzene rings is 7. The van der Waals surface area contributed by atoms with Gasteiger partial charge < -0.3 is 0 Å². The molecule has 7 aromatic carbocycles. The molecule has 0 fully saturated rings. The van der Waals surface area contributed by atoms with Crippen LogP contribution < -0.4 is 0 Å². The molecule has 2 heteroatoms. The monoisotopic (exact) mass is 586 g/mol. The SMILES string of the molecule is Brc1ccc2ccc3c(-c4ccccc4)c4c(ccc5ccc(Br)cc54)c(-c4ccccc4)c3c2c1. The van der Waals surface area contributed by atoms with Crippen LogP contribution in [0.2, 0.25) is 0 Å². The standard InChI is InChI=1S/C34H20Br2/c35-25-15-11-21-14-18-28-32(24-9-5-2-6-10-24)34-27(17-13-22-12-16-26(36)20-30(22)34)31(33(28)29(21)19-25)23-7-3-1-4-8-23/h1-20H. The van der Waals surface area contributed by atoms with Gasteiger partial charge in [-0.3, -0.25) is 0 Å².